The molecule has 4 nitrogen and oxygen atoms in total. The van der Waals surface area contributed by atoms with Crippen LogP contribution >= 0.6 is 0 Å². The second kappa shape index (κ2) is 5.84. The molecule has 0 bridgehead atoms. The van der Waals surface area contributed by atoms with E-state index in [9.17, 15) is 0 Å². The van der Waals surface area contributed by atoms with Crippen molar-refractivity contribution in [2.45, 2.75) is 12.8 Å². The summed E-state index contributed by atoms with van der Waals surface area (Å²) < 4.78 is 0. The van der Waals surface area contributed by atoms with E-state index < -0.39 is 0 Å². The fraction of sp³-hybridized carbons (Fsp3) is 0.231. The van der Waals surface area contributed by atoms with Gasteiger partial charge in [-0.3, -0.25) is 0 Å². The lowest BCUT2D eigenvalue weighted by molar-refractivity contribution is 0.858. The van der Waals surface area contributed by atoms with Gasteiger partial charge < -0.3 is 11.1 Å². The normalized spacial score (nSPS) is 10.1. The van der Waals surface area contributed by atoms with E-state index in [1.807, 2.05) is 6.07 Å². The van der Waals surface area contributed by atoms with Gasteiger partial charge >= 0.3 is 0 Å². The van der Waals surface area contributed by atoms with Crippen LogP contribution in [0, 0.1) is 0 Å². The quantitative estimate of drug-likeness (QED) is 0.769. The fourth-order valence-electron chi connectivity index (χ4n) is 1.63. The third-order valence-corrected chi connectivity index (χ3v) is 2.52. The van der Waals surface area contributed by atoms with Gasteiger partial charge in [0.05, 0.1) is 11.9 Å². The summed E-state index contributed by atoms with van der Waals surface area (Å²) in [6.45, 7) is 0.857. The Morgan fingerprint density at radius 3 is 2.76 bits per heavy atom. The first-order valence-corrected chi connectivity index (χ1v) is 5.69. The Bertz CT molecular complexity index is 456. The molecule has 0 aliphatic carbocycles. The number of nitrogens with zero attached hydrogens (tertiary/aromatic N) is 2. The van der Waals surface area contributed by atoms with Crippen LogP contribution in [0.3, 0.4) is 0 Å². The molecule has 4 heteroatoms. The van der Waals surface area contributed by atoms with Crippen molar-refractivity contribution in [3.8, 4) is 0 Å². The van der Waals surface area contributed by atoms with Crippen LogP contribution in [-0.2, 0) is 6.42 Å². The van der Waals surface area contributed by atoms with Crippen molar-refractivity contribution in [2.24, 2.45) is 0 Å². The van der Waals surface area contributed by atoms with Crippen LogP contribution in [0.4, 0.5) is 11.5 Å². The molecular weight excluding hydrogens is 212 g/mol. The molecular formula is C13H16N4. The van der Waals surface area contributed by atoms with Crippen LogP contribution < -0.4 is 11.1 Å². The van der Waals surface area contributed by atoms with Crippen molar-refractivity contribution in [3.05, 3.63) is 48.4 Å². The minimum absolute atomic E-state index is 0.590. The Morgan fingerprint density at radius 1 is 1.18 bits per heavy atom. The molecule has 0 radical (unpaired) electrons. The lowest BCUT2D eigenvalue weighted by Gasteiger charge is -2.07. The topological polar surface area (TPSA) is 63.8 Å². The number of hydrogen-bond acceptors (Lipinski definition) is 4. The SMILES string of the molecule is Nc1cncnc1NCCCc1ccccc1. The first-order chi connectivity index (χ1) is 8.36. The van der Waals surface area contributed by atoms with E-state index in [0.717, 1.165) is 19.4 Å². The summed E-state index contributed by atoms with van der Waals surface area (Å²) in [5.74, 6) is 0.716. The van der Waals surface area contributed by atoms with Gasteiger partial charge in [-0.2, -0.15) is 0 Å². The minimum Gasteiger partial charge on any atom is -0.394 e. The Labute approximate surface area is 101 Å². The van der Waals surface area contributed by atoms with Crippen molar-refractivity contribution >= 4 is 11.5 Å². The van der Waals surface area contributed by atoms with Crippen molar-refractivity contribution in [1.29, 1.82) is 0 Å². The summed E-state index contributed by atoms with van der Waals surface area (Å²) in [5, 5.41) is 3.21. The van der Waals surface area contributed by atoms with E-state index in [-0.39, 0.29) is 0 Å². The maximum Gasteiger partial charge on any atom is 0.152 e. The average Bonchev–Trinajstić information content (AvgIpc) is 2.38. The second-order valence-corrected chi connectivity index (χ2v) is 3.84. The maximum absolute atomic E-state index is 5.73. The molecule has 1 heterocycles. The van der Waals surface area contributed by atoms with Crippen LogP contribution in [0.15, 0.2) is 42.9 Å². The molecule has 0 saturated heterocycles. The molecule has 17 heavy (non-hydrogen) atoms. The van der Waals surface area contributed by atoms with Crippen molar-refractivity contribution in [3.63, 3.8) is 0 Å². The van der Waals surface area contributed by atoms with Gasteiger partial charge in [0.15, 0.2) is 5.82 Å². The largest absolute Gasteiger partial charge is 0.394 e. The summed E-state index contributed by atoms with van der Waals surface area (Å²) in [7, 11) is 0. The maximum atomic E-state index is 5.73. The predicted molar refractivity (Wildman–Crippen MR) is 69.7 cm³/mol. The number of benzene rings is 1. The third kappa shape index (κ3) is 3.45. The van der Waals surface area contributed by atoms with Crippen molar-refractivity contribution < 1.29 is 0 Å². The molecule has 0 aliphatic heterocycles. The van der Waals surface area contributed by atoms with E-state index in [1.54, 1.807) is 6.20 Å². The summed E-state index contributed by atoms with van der Waals surface area (Å²) >= 11 is 0. The number of rotatable bonds is 5. The van der Waals surface area contributed by atoms with Gasteiger partial charge in [0.25, 0.3) is 0 Å². The molecule has 1 aromatic carbocycles. The van der Waals surface area contributed by atoms with E-state index >= 15 is 0 Å². The van der Waals surface area contributed by atoms with E-state index in [4.69, 9.17) is 5.73 Å². The molecule has 2 aromatic rings. The second-order valence-electron chi connectivity index (χ2n) is 3.84. The highest BCUT2D eigenvalue weighted by atomic mass is 15.0. The zero-order chi connectivity index (χ0) is 11.9. The zero-order valence-corrected chi connectivity index (χ0v) is 9.63. The highest BCUT2D eigenvalue weighted by Gasteiger charge is 1.98. The number of nitrogens with one attached hydrogen (secondary N) is 1. The summed E-state index contributed by atoms with van der Waals surface area (Å²) in [4.78, 5) is 7.92. The molecule has 2 rings (SSSR count). The zero-order valence-electron chi connectivity index (χ0n) is 9.63. The molecule has 1 aromatic heterocycles. The number of nitrogen functional groups attached to an aromatic ring is 1. The number of aromatic nitrogens is 2. The van der Waals surface area contributed by atoms with Crippen LogP contribution in [0.2, 0.25) is 0 Å². The van der Waals surface area contributed by atoms with E-state index in [2.05, 4.69) is 39.6 Å². The molecule has 0 fully saturated rings. The van der Waals surface area contributed by atoms with Crippen LogP contribution in [0.1, 0.15) is 12.0 Å². The van der Waals surface area contributed by atoms with E-state index in [0.29, 0.717) is 11.5 Å². The standard InChI is InChI=1S/C13H16N4/c14-12-9-15-10-17-13(12)16-8-4-7-11-5-2-1-3-6-11/h1-3,5-6,9-10H,4,7-8,14H2,(H,15,16,17). The molecule has 3 N–H and O–H groups in total. The minimum atomic E-state index is 0.590. The summed E-state index contributed by atoms with van der Waals surface area (Å²) in [6, 6.07) is 10.4. The predicted octanol–water partition coefficient (Wildman–Crippen LogP) is 2.10. The van der Waals surface area contributed by atoms with Crippen LogP contribution in [0.25, 0.3) is 0 Å². The Balaban J connectivity index is 1.76. The van der Waals surface area contributed by atoms with Gasteiger partial charge in [-0.1, -0.05) is 30.3 Å². The molecule has 88 valence electrons. The molecule has 0 amide bonds. The monoisotopic (exact) mass is 228 g/mol. The first-order valence-electron chi connectivity index (χ1n) is 5.69. The lowest BCUT2D eigenvalue weighted by atomic mass is 10.1. The van der Waals surface area contributed by atoms with Crippen molar-refractivity contribution in [2.75, 3.05) is 17.6 Å². The van der Waals surface area contributed by atoms with E-state index in [1.165, 1.54) is 11.9 Å². The number of nitrogens with two attached hydrogens (primary N) is 1. The van der Waals surface area contributed by atoms with Gasteiger partial charge in [-0.05, 0) is 18.4 Å². The van der Waals surface area contributed by atoms with Crippen molar-refractivity contribution in [1.82, 2.24) is 9.97 Å². The van der Waals surface area contributed by atoms with Gasteiger partial charge in [0, 0.05) is 6.54 Å². The average molecular weight is 228 g/mol. The summed E-state index contributed by atoms with van der Waals surface area (Å²) in [6.07, 6.45) is 5.20. The van der Waals surface area contributed by atoms with Gasteiger partial charge in [0.1, 0.15) is 6.33 Å². The Hall–Kier alpha value is -2.10. The van der Waals surface area contributed by atoms with Crippen LogP contribution in [-0.4, -0.2) is 16.5 Å². The third-order valence-electron chi connectivity index (χ3n) is 2.52. The highest BCUT2D eigenvalue weighted by molar-refractivity contribution is 5.58. The van der Waals surface area contributed by atoms with Gasteiger partial charge in [-0.25, -0.2) is 9.97 Å². The molecule has 0 unspecified atom stereocenters. The fourth-order valence-corrected chi connectivity index (χ4v) is 1.63. The summed E-state index contributed by atoms with van der Waals surface area (Å²) in [5.41, 5.74) is 7.67. The van der Waals surface area contributed by atoms with Gasteiger partial charge in [-0.15, -0.1) is 0 Å². The van der Waals surface area contributed by atoms with Crippen LogP contribution in [0.5, 0.6) is 0 Å². The smallest absolute Gasteiger partial charge is 0.152 e. The lowest BCUT2D eigenvalue weighted by Crippen LogP contribution is -2.07. The first kappa shape index (κ1) is 11.4. The molecule has 0 saturated carbocycles. The molecule has 0 aliphatic rings. The highest BCUT2D eigenvalue weighted by Crippen LogP contribution is 2.11. The van der Waals surface area contributed by atoms with Gasteiger partial charge in [0.2, 0.25) is 0 Å². The Morgan fingerprint density at radius 2 is 2.00 bits per heavy atom. The Kier molecular flexibility index (Phi) is 3.91. The number of aryl methyl sites for hydroxylation is 1. The number of anilines is 2. The molecule has 0 spiro atoms. The molecule has 0 atom stereocenters. The number of hydrogen-bond donors (Lipinski definition) is 2.